The van der Waals surface area contributed by atoms with E-state index in [0.717, 1.165) is 5.39 Å². The highest BCUT2D eigenvalue weighted by Crippen LogP contribution is 2.27. The van der Waals surface area contributed by atoms with E-state index in [4.69, 9.17) is 10.5 Å². The highest BCUT2D eigenvalue weighted by Gasteiger charge is 2.10. The zero-order valence-corrected chi connectivity index (χ0v) is 11.1. The van der Waals surface area contributed by atoms with Crippen LogP contribution in [0.4, 0.5) is 16.2 Å². The van der Waals surface area contributed by atoms with E-state index < -0.39 is 6.09 Å². The molecule has 2 aromatic carbocycles. The molecule has 0 saturated heterocycles. The van der Waals surface area contributed by atoms with Gasteiger partial charge in [0.05, 0.1) is 0 Å². The minimum atomic E-state index is -0.594. The number of amides is 1. The monoisotopic (exact) mass is 279 g/mol. The van der Waals surface area contributed by atoms with Gasteiger partial charge in [-0.1, -0.05) is 24.3 Å². The van der Waals surface area contributed by atoms with E-state index in [2.05, 4.69) is 10.3 Å². The van der Waals surface area contributed by atoms with Crippen LogP contribution in [0.25, 0.3) is 10.8 Å². The van der Waals surface area contributed by atoms with E-state index in [1.807, 2.05) is 24.3 Å². The van der Waals surface area contributed by atoms with E-state index in [1.54, 1.807) is 36.5 Å². The van der Waals surface area contributed by atoms with Crippen molar-refractivity contribution in [2.45, 2.75) is 0 Å². The fraction of sp³-hybridized carbons (Fsp3) is 0. The van der Waals surface area contributed by atoms with Gasteiger partial charge in [-0.2, -0.15) is 0 Å². The molecule has 3 rings (SSSR count). The molecule has 0 atom stereocenters. The lowest BCUT2D eigenvalue weighted by molar-refractivity contribution is 0.214. The Morgan fingerprint density at radius 1 is 1.00 bits per heavy atom. The Kier molecular flexibility index (Phi) is 3.39. The van der Waals surface area contributed by atoms with Crippen molar-refractivity contribution < 1.29 is 9.53 Å². The molecule has 0 saturated carbocycles. The van der Waals surface area contributed by atoms with Gasteiger partial charge in [0.15, 0.2) is 0 Å². The van der Waals surface area contributed by atoms with Gasteiger partial charge in [0.1, 0.15) is 0 Å². The number of fused-ring (bicyclic) bond motifs is 1. The summed E-state index contributed by atoms with van der Waals surface area (Å²) in [5.41, 5.74) is 7.16. The standard InChI is InChI=1S/C16H13N3O2/c17-14-8-4-7-13-12(14)9-10-18-15(13)21-16(20)19-11-5-2-1-3-6-11/h1-10H,17H2,(H,19,20). The van der Waals surface area contributed by atoms with Crippen molar-refractivity contribution in [1.29, 1.82) is 0 Å². The minimum absolute atomic E-state index is 0.230. The van der Waals surface area contributed by atoms with Gasteiger partial charge in [-0.25, -0.2) is 9.78 Å². The molecule has 0 aliphatic carbocycles. The van der Waals surface area contributed by atoms with Gasteiger partial charge in [-0.05, 0) is 30.3 Å². The van der Waals surface area contributed by atoms with Crippen LogP contribution < -0.4 is 15.8 Å². The molecule has 0 aliphatic heterocycles. The number of pyridine rings is 1. The highest BCUT2D eigenvalue weighted by molar-refractivity contribution is 5.97. The van der Waals surface area contributed by atoms with Crippen LogP contribution in [-0.2, 0) is 0 Å². The maximum absolute atomic E-state index is 11.9. The number of benzene rings is 2. The second-order valence-electron chi connectivity index (χ2n) is 4.44. The molecule has 1 aromatic heterocycles. The minimum Gasteiger partial charge on any atom is -0.398 e. The lowest BCUT2D eigenvalue weighted by atomic mass is 10.1. The topological polar surface area (TPSA) is 77.2 Å². The first-order valence-electron chi connectivity index (χ1n) is 6.41. The van der Waals surface area contributed by atoms with Crippen molar-refractivity contribution in [2.24, 2.45) is 0 Å². The number of nitrogens with two attached hydrogens (primary N) is 1. The number of nitrogen functional groups attached to an aromatic ring is 1. The van der Waals surface area contributed by atoms with Crippen LogP contribution in [0.3, 0.4) is 0 Å². The number of rotatable bonds is 2. The largest absolute Gasteiger partial charge is 0.418 e. The molecule has 1 amide bonds. The Bertz CT molecular complexity index is 788. The SMILES string of the molecule is Nc1cccc2c(OC(=O)Nc3ccccc3)nccc12. The van der Waals surface area contributed by atoms with Crippen LogP contribution in [0.2, 0.25) is 0 Å². The summed E-state index contributed by atoms with van der Waals surface area (Å²) in [7, 11) is 0. The third-order valence-corrected chi connectivity index (χ3v) is 3.01. The molecule has 21 heavy (non-hydrogen) atoms. The predicted octanol–water partition coefficient (Wildman–Crippen LogP) is 3.43. The Hall–Kier alpha value is -3.08. The summed E-state index contributed by atoms with van der Waals surface area (Å²) in [6, 6.07) is 16.2. The highest BCUT2D eigenvalue weighted by atomic mass is 16.6. The number of ether oxygens (including phenoxy) is 1. The average molecular weight is 279 g/mol. The normalized spacial score (nSPS) is 10.3. The van der Waals surface area contributed by atoms with E-state index in [9.17, 15) is 4.79 Å². The van der Waals surface area contributed by atoms with Gasteiger partial charge in [-0.15, -0.1) is 0 Å². The molecule has 104 valence electrons. The zero-order chi connectivity index (χ0) is 14.7. The number of hydrogen-bond donors (Lipinski definition) is 2. The van der Waals surface area contributed by atoms with E-state index in [0.29, 0.717) is 16.8 Å². The lowest BCUT2D eigenvalue weighted by Gasteiger charge is -2.08. The third kappa shape index (κ3) is 2.76. The second-order valence-corrected chi connectivity index (χ2v) is 4.44. The number of nitrogens with one attached hydrogen (secondary N) is 1. The maximum Gasteiger partial charge on any atom is 0.418 e. The smallest absolute Gasteiger partial charge is 0.398 e. The van der Waals surface area contributed by atoms with Crippen molar-refractivity contribution in [1.82, 2.24) is 4.98 Å². The van der Waals surface area contributed by atoms with Crippen LogP contribution >= 0.6 is 0 Å². The predicted molar refractivity (Wildman–Crippen MR) is 82.2 cm³/mol. The number of aromatic nitrogens is 1. The number of anilines is 2. The number of hydrogen-bond acceptors (Lipinski definition) is 4. The van der Waals surface area contributed by atoms with Crippen LogP contribution in [-0.4, -0.2) is 11.1 Å². The Morgan fingerprint density at radius 2 is 1.81 bits per heavy atom. The maximum atomic E-state index is 11.9. The summed E-state index contributed by atoms with van der Waals surface area (Å²) < 4.78 is 5.27. The number of carbonyl (C=O) groups is 1. The van der Waals surface area contributed by atoms with Gasteiger partial charge in [0.25, 0.3) is 0 Å². The Morgan fingerprint density at radius 3 is 2.62 bits per heavy atom. The van der Waals surface area contributed by atoms with Gasteiger partial charge in [0.2, 0.25) is 5.88 Å². The molecule has 5 nitrogen and oxygen atoms in total. The van der Waals surface area contributed by atoms with Crippen LogP contribution in [0.5, 0.6) is 5.88 Å². The molecule has 3 N–H and O–H groups in total. The lowest BCUT2D eigenvalue weighted by Crippen LogP contribution is -2.17. The average Bonchev–Trinajstić information content (AvgIpc) is 2.49. The third-order valence-electron chi connectivity index (χ3n) is 3.01. The number of para-hydroxylation sites is 1. The molecule has 5 heteroatoms. The van der Waals surface area contributed by atoms with Gasteiger partial charge in [-0.3, -0.25) is 5.32 Å². The zero-order valence-electron chi connectivity index (χ0n) is 11.1. The van der Waals surface area contributed by atoms with E-state index in [-0.39, 0.29) is 5.88 Å². The Labute approximate surface area is 121 Å². The number of nitrogens with zero attached hydrogens (tertiary/aromatic N) is 1. The fourth-order valence-electron chi connectivity index (χ4n) is 2.04. The van der Waals surface area contributed by atoms with Crippen LogP contribution in [0, 0.1) is 0 Å². The molecular weight excluding hydrogens is 266 g/mol. The first-order chi connectivity index (χ1) is 10.2. The second kappa shape index (κ2) is 5.50. The molecule has 0 unspecified atom stereocenters. The van der Waals surface area contributed by atoms with Crippen molar-refractivity contribution in [3.8, 4) is 5.88 Å². The molecule has 1 heterocycles. The summed E-state index contributed by atoms with van der Waals surface area (Å²) in [5, 5.41) is 4.13. The van der Waals surface area contributed by atoms with Crippen LogP contribution in [0.1, 0.15) is 0 Å². The van der Waals surface area contributed by atoms with Gasteiger partial charge < -0.3 is 10.5 Å². The molecule has 0 spiro atoms. The van der Waals surface area contributed by atoms with Crippen LogP contribution in [0.15, 0.2) is 60.8 Å². The van der Waals surface area contributed by atoms with Crippen molar-refractivity contribution in [3.05, 3.63) is 60.8 Å². The quantitative estimate of drug-likeness (QED) is 0.704. The van der Waals surface area contributed by atoms with E-state index >= 15 is 0 Å². The van der Waals surface area contributed by atoms with Crippen molar-refractivity contribution in [3.63, 3.8) is 0 Å². The van der Waals surface area contributed by atoms with Gasteiger partial charge in [0, 0.05) is 28.3 Å². The summed E-state index contributed by atoms with van der Waals surface area (Å²) in [5.74, 6) is 0.230. The molecule has 0 aliphatic rings. The van der Waals surface area contributed by atoms with Gasteiger partial charge >= 0.3 is 6.09 Å². The summed E-state index contributed by atoms with van der Waals surface area (Å²) in [6.45, 7) is 0. The fourth-order valence-corrected chi connectivity index (χ4v) is 2.04. The van der Waals surface area contributed by atoms with Crippen molar-refractivity contribution in [2.75, 3.05) is 11.1 Å². The summed E-state index contributed by atoms with van der Waals surface area (Å²) in [4.78, 5) is 16.0. The Balaban J connectivity index is 1.85. The van der Waals surface area contributed by atoms with E-state index in [1.165, 1.54) is 0 Å². The van der Waals surface area contributed by atoms with Crippen molar-refractivity contribution >= 4 is 28.2 Å². The molecule has 3 aromatic rings. The summed E-state index contributed by atoms with van der Waals surface area (Å²) in [6.07, 6.45) is 0.965. The number of carbonyl (C=O) groups excluding carboxylic acids is 1. The molecular formula is C16H13N3O2. The molecule has 0 radical (unpaired) electrons. The first kappa shape index (κ1) is 12.9. The molecule has 0 fully saturated rings. The molecule has 0 bridgehead atoms. The first-order valence-corrected chi connectivity index (χ1v) is 6.41. The summed E-state index contributed by atoms with van der Waals surface area (Å²) >= 11 is 0.